The molecule has 0 radical (unpaired) electrons. The number of benzene rings is 1. The number of carbonyl (C=O) groups excluding carboxylic acids is 2. The Bertz CT molecular complexity index is 1110. The largest absolute Gasteiger partial charge is 0.444 e. The molecular weight excluding hydrogens is 488 g/mol. The van der Waals surface area contributed by atoms with E-state index in [2.05, 4.69) is 10.3 Å². The molecule has 2 atom stereocenters. The van der Waals surface area contributed by atoms with Crippen LogP contribution in [0.2, 0.25) is 0 Å². The van der Waals surface area contributed by atoms with E-state index in [4.69, 9.17) is 15.2 Å². The lowest BCUT2D eigenvalue weighted by Gasteiger charge is -2.38. The SMILES string of the molecule is CC(C)(C)OC(=O)NC1CCC(N(C(=O)OC(C)(C)C)[C@@H]2C[C@H]2c2cnc(-c3cccc(N)c3)s2)CC1. The second-order valence-electron chi connectivity index (χ2n) is 12.1. The molecule has 1 heterocycles. The van der Waals surface area contributed by atoms with Crippen LogP contribution in [0.15, 0.2) is 30.5 Å². The van der Waals surface area contributed by atoms with E-state index in [1.165, 1.54) is 4.88 Å². The highest BCUT2D eigenvalue weighted by atomic mass is 32.1. The number of carbonyl (C=O) groups is 2. The molecule has 37 heavy (non-hydrogen) atoms. The van der Waals surface area contributed by atoms with Crippen molar-refractivity contribution in [2.75, 3.05) is 5.73 Å². The molecule has 2 aliphatic carbocycles. The fourth-order valence-corrected chi connectivity index (χ4v) is 5.98. The Morgan fingerprint density at radius 3 is 2.35 bits per heavy atom. The minimum absolute atomic E-state index is 0.0453. The lowest BCUT2D eigenvalue weighted by atomic mass is 9.90. The highest BCUT2D eigenvalue weighted by Gasteiger charge is 2.50. The summed E-state index contributed by atoms with van der Waals surface area (Å²) in [5.41, 5.74) is 6.58. The maximum atomic E-state index is 13.4. The van der Waals surface area contributed by atoms with E-state index in [1.807, 2.05) is 76.9 Å². The van der Waals surface area contributed by atoms with Crippen LogP contribution in [0.4, 0.5) is 15.3 Å². The number of alkyl carbamates (subject to hydrolysis) is 1. The minimum Gasteiger partial charge on any atom is -0.444 e. The molecule has 2 aliphatic rings. The minimum atomic E-state index is -0.569. The number of nitrogens with two attached hydrogens (primary N) is 1. The van der Waals surface area contributed by atoms with Gasteiger partial charge in [-0.05, 0) is 85.8 Å². The summed E-state index contributed by atoms with van der Waals surface area (Å²) in [6.07, 6.45) is 5.38. The molecule has 2 saturated carbocycles. The Balaban J connectivity index is 1.43. The number of nitrogen functional groups attached to an aromatic ring is 1. The van der Waals surface area contributed by atoms with E-state index in [-0.39, 0.29) is 36.2 Å². The standard InChI is InChI=1S/C28H40N4O4S/c1-27(2,3)35-25(33)31-19-10-12-20(13-11-19)32(26(34)36-28(4,5)6)22-15-21(22)23-16-30-24(37-23)17-8-7-9-18(29)14-17/h7-9,14,16,19-22H,10-13,15,29H2,1-6H3,(H,31,33)/t19?,20?,21-,22-/m1/s1. The van der Waals surface area contributed by atoms with Crippen molar-refractivity contribution in [3.8, 4) is 10.6 Å². The number of amides is 2. The Hall–Kier alpha value is -2.81. The van der Waals surface area contributed by atoms with E-state index < -0.39 is 11.2 Å². The first-order valence-electron chi connectivity index (χ1n) is 13.1. The molecule has 4 rings (SSSR count). The van der Waals surface area contributed by atoms with Crippen molar-refractivity contribution in [2.45, 2.75) is 109 Å². The number of nitrogens with zero attached hydrogens (tertiary/aromatic N) is 2. The van der Waals surface area contributed by atoms with Crippen LogP contribution in [0.1, 0.15) is 84.4 Å². The van der Waals surface area contributed by atoms with Gasteiger partial charge in [0.05, 0.1) is 0 Å². The van der Waals surface area contributed by atoms with Gasteiger partial charge >= 0.3 is 12.2 Å². The van der Waals surface area contributed by atoms with Gasteiger partial charge in [-0.1, -0.05) is 12.1 Å². The number of hydrogen-bond donors (Lipinski definition) is 2. The summed E-state index contributed by atoms with van der Waals surface area (Å²) >= 11 is 1.66. The van der Waals surface area contributed by atoms with Crippen LogP contribution in [0, 0.1) is 0 Å². The summed E-state index contributed by atoms with van der Waals surface area (Å²) in [5.74, 6) is 0.248. The highest BCUT2D eigenvalue weighted by Crippen LogP contribution is 2.49. The molecule has 9 heteroatoms. The Kier molecular flexibility index (Phi) is 7.74. The summed E-state index contributed by atoms with van der Waals surface area (Å²) in [6.45, 7) is 11.3. The average molecular weight is 529 g/mol. The Labute approximate surface area is 223 Å². The van der Waals surface area contributed by atoms with Gasteiger partial charge in [0.25, 0.3) is 0 Å². The number of rotatable bonds is 5. The van der Waals surface area contributed by atoms with Gasteiger partial charge in [-0.15, -0.1) is 11.3 Å². The lowest BCUT2D eigenvalue weighted by Crippen LogP contribution is -2.49. The van der Waals surface area contributed by atoms with Crippen LogP contribution in [0.5, 0.6) is 0 Å². The fourth-order valence-electron chi connectivity index (χ4n) is 4.90. The summed E-state index contributed by atoms with van der Waals surface area (Å²) < 4.78 is 11.3. The molecular formula is C28H40N4O4S. The summed E-state index contributed by atoms with van der Waals surface area (Å²) in [7, 11) is 0. The summed E-state index contributed by atoms with van der Waals surface area (Å²) in [4.78, 5) is 33.4. The molecule has 0 aliphatic heterocycles. The van der Waals surface area contributed by atoms with Crippen LogP contribution in [-0.2, 0) is 9.47 Å². The Morgan fingerprint density at radius 1 is 1.05 bits per heavy atom. The predicted octanol–water partition coefficient (Wildman–Crippen LogP) is 6.32. The number of aromatic nitrogens is 1. The summed E-state index contributed by atoms with van der Waals surface area (Å²) in [5, 5.41) is 3.93. The van der Waals surface area contributed by atoms with Crippen LogP contribution in [-0.4, -0.2) is 51.4 Å². The number of anilines is 1. The molecule has 0 saturated heterocycles. The van der Waals surface area contributed by atoms with Crippen LogP contribution < -0.4 is 11.1 Å². The molecule has 0 unspecified atom stereocenters. The van der Waals surface area contributed by atoms with Crippen molar-refractivity contribution in [3.63, 3.8) is 0 Å². The molecule has 2 aromatic rings. The van der Waals surface area contributed by atoms with Crippen LogP contribution in [0.25, 0.3) is 10.6 Å². The molecule has 0 spiro atoms. The summed E-state index contributed by atoms with van der Waals surface area (Å²) in [6, 6.07) is 7.95. The topological polar surface area (TPSA) is 107 Å². The van der Waals surface area contributed by atoms with Crippen molar-refractivity contribution in [1.82, 2.24) is 15.2 Å². The van der Waals surface area contributed by atoms with E-state index >= 15 is 0 Å². The fraction of sp³-hybridized carbons (Fsp3) is 0.607. The van der Waals surface area contributed by atoms with Crippen molar-refractivity contribution >= 4 is 29.2 Å². The predicted molar refractivity (Wildman–Crippen MR) is 147 cm³/mol. The number of nitrogens with one attached hydrogen (secondary N) is 1. The van der Waals surface area contributed by atoms with Gasteiger partial charge in [0.2, 0.25) is 0 Å². The number of hydrogen-bond acceptors (Lipinski definition) is 7. The second-order valence-corrected chi connectivity index (χ2v) is 13.2. The van der Waals surface area contributed by atoms with Gasteiger partial charge in [-0.25, -0.2) is 14.6 Å². The second kappa shape index (κ2) is 10.5. The van der Waals surface area contributed by atoms with Crippen LogP contribution >= 0.6 is 11.3 Å². The molecule has 202 valence electrons. The van der Waals surface area contributed by atoms with Gasteiger partial charge in [0.15, 0.2) is 0 Å². The van der Waals surface area contributed by atoms with Gasteiger partial charge in [0.1, 0.15) is 16.2 Å². The molecule has 1 aromatic carbocycles. The molecule has 2 fully saturated rings. The van der Waals surface area contributed by atoms with Gasteiger partial charge in [-0.3, -0.25) is 0 Å². The zero-order chi connectivity index (χ0) is 27.0. The number of thiazole rings is 1. The van der Waals surface area contributed by atoms with Gasteiger partial charge in [0, 0.05) is 46.4 Å². The number of ether oxygens (including phenoxy) is 2. The third-order valence-electron chi connectivity index (χ3n) is 6.55. The molecule has 2 amide bonds. The first-order chi connectivity index (χ1) is 17.3. The smallest absolute Gasteiger partial charge is 0.410 e. The Morgan fingerprint density at radius 2 is 1.73 bits per heavy atom. The molecule has 1 aromatic heterocycles. The van der Waals surface area contributed by atoms with E-state index in [9.17, 15) is 9.59 Å². The average Bonchev–Trinajstić information content (AvgIpc) is 3.37. The van der Waals surface area contributed by atoms with Crippen molar-refractivity contribution < 1.29 is 19.1 Å². The van der Waals surface area contributed by atoms with Crippen molar-refractivity contribution in [3.05, 3.63) is 35.3 Å². The maximum absolute atomic E-state index is 13.4. The monoisotopic (exact) mass is 528 g/mol. The first-order valence-corrected chi connectivity index (χ1v) is 13.9. The van der Waals surface area contributed by atoms with E-state index in [1.54, 1.807) is 11.3 Å². The zero-order valence-corrected chi connectivity index (χ0v) is 23.6. The molecule has 8 nitrogen and oxygen atoms in total. The molecule has 3 N–H and O–H groups in total. The molecule has 0 bridgehead atoms. The van der Waals surface area contributed by atoms with Crippen molar-refractivity contribution in [1.29, 1.82) is 0 Å². The quantitative estimate of drug-likeness (QED) is 0.440. The van der Waals surface area contributed by atoms with Crippen LogP contribution in [0.3, 0.4) is 0 Å². The maximum Gasteiger partial charge on any atom is 0.410 e. The normalized spacial score (nSPS) is 23.7. The van der Waals surface area contributed by atoms with E-state index in [0.29, 0.717) is 5.69 Å². The highest BCUT2D eigenvalue weighted by molar-refractivity contribution is 7.15. The van der Waals surface area contributed by atoms with Gasteiger partial charge < -0.3 is 25.4 Å². The van der Waals surface area contributed by atoms with Crippen molar-refractivity contribution in [2.24, 2.45) is 0 Å². The lowest BCUT2D eigenvalue weighted by molar-refractivity contribution is 0.00746. The third-order valence-corrected chi connectivity index (χ3v) is 7.73. The first kappa shape index (κ1) is 27.2. The van der Waals surface area contributed by atoms with Gasteiger partial charge in [-0.2, -0.15) is 0 Å². The van der Waals surface area contributed by atoms with E-state index in [0.717, 1.165) is 42.7 Å². The zero-order valence-electron chi connectivity index (χ0n) is 22.7. The third kappa shape index (κ3) is 7.37.